The molecule has 0 saturated carbocycles. The highest BCUT2D eigenvalue weighted by molar-refractivity contribution is 5.95. The van der Waals surface area contributed by atoms with Crippen molar-refractivity contribution in [3.05, 3.63) is 71.1 Å². The second kappa shape index (κ2) is 10.3. The first-order valence-electron chi connectivity index (χ1n) is 11.3. The summed E-state index contributed by atoms with van der Waals surface area (Å²) in [4.78, 5) is 33.3. The summed E-state index contributed by atoms with van der Waals surface area (Å²) in [6, 6.07) is 10.5. The molecular weight excluding hydrogens is 463 g/mol. The van der Waals surface area contributed by atoms with Crippen LogP contribution in [0.15, 0.2) is 59.9 Å². The molecule has 35 heavy (non-hydrogen) atoms. The molecule has 1 aromatic heterocycles. The number of hydrogen-bond donors (Lipinski definition) is 2. The predicted octanol–water partition coefficient (Wildman–Crippen LogP) is 3.09. The van der Waals surface area contributed by atoms with Gasteiger partial charge >= 0.3 is 18.2 Å². The van der Waals surface area contributed by atoms with Gasteiger partial charge in [0.05, 0.1) is 23.8 Å². The van der Waals surface area contributed by atoms with Crippen LogP contribution in [0.3, 0.4) is 0 Å². The van der Waals surface area contributed by atoms with Gasteiger partial charge in [-0.2, -0.15) is 13.2 Å². The number of urea groups is 1. The minimum Gasteiger partial charge on any atom is -0.463 e. The fourth-order valence-electron chi connectivity index (χ4n) is 4.19. The van der Waals surface area contributed by atoms with E-state index in [4.69, 9.17) is 4.74 Å². The molecule has 8 nitrogen and oxygen atoms in total. The SMILES string of the molecule is CCOC(=O)C1=C(CN2CCN(c3ccc(C(F)(F)F)cn3)CC2)NC(=O)NC1c1ccccc1. The second-order valence-corrected chi connectivity index (χ2v) is 8.22. The first-order chi connectivity index (χ1) is 16.8. The van der Waals surface area contributed by atoms with Crippen molar-refractivity contribution < 1.29 is 27.5 Å². The number of hydrogen-bond acceptors (Lipinski definition) is 6. The molecular formula is C24H26F3N5O3. The Labute approximate surface area is 200 Å². The zero-order chi connectivity index (χ0) is 25.0. The Morgan fingerprint density at radius 1 is 1.11 bits per heavy atom. The van der Waals surface area contributed by atoms with Gasteiger partial charge in [-0.25, -0.2) is 14.6 Å². The van der Waals surface area contributed by atoms with E-state index in [1.165, 1.54) is 6.07 Å². The van der Waals surface area contributed by atoms with Crippen LogP contribution in [0.4, 0.5) is 23.8 Å². The summed E-state index contributed by atoms with van der Waals surface area (Å²) in [6.45, 7) is 4.45. The van der Waals surface area contributed by atoms with Crippen molar-refractivity contribution in [3.63, 3.8) is 0 Å². The van der Waals surface area contributed by atoms with Crippen molar-refractivity contribution in [2.24, 2.45) is 0 Å². The van der Waals surface area contributed by atoms with E-state index in [0.29, 0.717) is 49.8 Å². The number of piperazine rings is 1. The van der Waals surface area contributed by atoms with Gasteiger partial charge in [-0.3, -0.25) is 4.90 Å². The molecule has 0 radical (unpaired) electrons. The van der Waals surface area contributed by atoms with Crippen LogP contribution in [0.25, 0.3) is 0 Å². The van der Waals surface area contributed by atoms with Crippen molar-refractivity contribution in [2.45, 2.75) is 19.1 Å². The highest BCUT2D eigenvalue weighted by Crippen LogP contribution is 2.30. The Bertz CT molecular complexity index is 1080. The van der Waals surface area contributed by atoms with Gasteiger partial charge in [0.2, 0.25) is 0 Å². The number of alkyl halides is 3. The van der Waals surface area contributed by atoms with Gasteiger partial charge in [0.1, 0.15) is 5.82 Å². The Balaban J connectivity index is 1.49. The molecule has 0 bridgehead atoms. The van der Waals surface area contributed by atoms with E-state index < -0.39 is 29.8 Å². The quantitative estimate of drug-likeness (QED) is 0.607. The van der Waals surface area contributed by atoms with Gasteiger partial charge < -0.3 is 20.3 Å². The van der Waals surface area contributed by atoms with Crippen LogP contribution in [-0.4, -0.2) is 61.2 Å². The lowest BCUT2D eigenvalue weighted by Gasteiger charge is -2.37. The van der Waals surface area contributed by atoms with Crippen LogP contribution >= 0.6 is 0 Å². The van der Waals surface area contributed by atoms with Gasteiger partial charge in [0.15, 0.2) is 0 Å². The Morgan fingerprint density at radius 3 is 2.43 bits per heavy atom. The molecule has 3 heterocycles. The fourth-order valence-corrected chi connectivity index (χ4v) is 4.19. The number of benzene rings is 1. The van der Waals surface area contributed by atoms with Gasteiger partial charge in [0.25, 0.3) is 0 Å². The zero-order valence-corrected chi connectivity index (χ0v) is 19.1. The molecule has 1 aromatic carbocycles. The highest BCUT2D eigenvalue weighted by atomic mass is 19.4. The van der Waals surface area contributed by atoms with E-state index in [-0.39, 0.29) is 6.61 Å². The monoisotopic (exact) mass is 489 g/mol. The molecule has 0 spiro atoms. The number of anilines is 1. The molecule has 2 aliphatic rings. The normalized spacial score (nSPS) is 19.3. The molecule has 1 fully saturated rings. The predicted molar refractivity (Wildman–Crippen MR) is 122 cm³/mol. The summed E-state index contributed by atoms with van der Waals surface area (Å²) >= 11 is 0. The molecule has 11 heteroatoms. The first kappa shape index (κ1) is 24.5. The van der Waals surface area contributed by atoms with Crippen LogP contribution in [0.2, 0.25) is 0 Å². The molecule has 0 aliphatic carbocycles. The Hall–Kier alpha value is -3.60. The average molecular weight is 489 g/mol. The average Bonchev–Trinajstić information content (AvgIpc) is 2.84. The number of halogens is 3. The van der Waals surface area contributed by atoms with Crippen molar-refractivity contribution >= 4 is 17.8 Å². The molecule has 2 aliphatic heterocycles. The second-order valence-electron chi connectivity index (χ2n) is 8.22. The Morgan fingerprint density at radius 2 is 1.83 bits per heavy atom. The van der Waals surface area contributed by atoms with E-state index in [1.54, 1.807) is 6.92 Å². The number of pyridine rings is 1. The molecule has 1 unspecified atom stereocenters. The van der Waals surface area contributed by atoms with Crippen LogP contribution in [0.5, 0.6) is 0 Å². The maximum absolute atomic E-state index is 12.9. The number of rotatable bonds is 6. The summed E-state index contributed by atoms with van der Waals surface area (Å²) in [5, 5.41) is 5.58. The number of nitrogens with one attached hydrogen (secondary N) is 2. The molecule has 2 amide bonds. The minimum absolute atomic E-state index is 0.198. The zero-order valence-electron chi connectivity index (χ0n) is 19.1. The van der Waals surface area contributed by atoms with E-state index in [2.05, 4.69) is 20.5 Å². The first-order valence-corrected chi connectivity index (χ1v) is 11.3. The minimum atomic E-state index is -4.43. The number of carbonyl (C=O) groups excluding carboxylic acids is 2. The largest absolute Gasteiger partial charge is 0.463 e. The summed E-state index contributed by atoms with van der Waals surface area (Å²) in [5.41, 5.74) is 0.806. The van der Waals surface area contributed by atoms with Gasteiger partial charge in [-0.05, 0) is 24.6 Å². The molecule has 4 rings (SSSR count). The number of amides is 2. The maximum atomic E-state index is 12.9. The van der Waals surface area contributed by atoms with E-state index in [1.807, 2.05) is 35.2 Å². The summed E-state index contributed by atoms with van der Waals surface area (Å²) < 4.78 is 43.7. The molecule has 186 valence electrons. The van der Waals surface area contributed by atoms with E-state index in [9.17, 15) is 22.8 Å². The van der Waals surface area contributed by atoms with Crippen molar-refractivity contribution in [1.29, 1.82) is 0 Å². The maximum Gasteiger partial charge on any atom is 0.417 e. The lowest BCUT2D eigenvalue weighted by atomic mass is 9.95. The number of ether oxygens (including phenoxy) is 1. The molecule has 1 saturated heterocycles. The fraction of sp³-hybridized carbons (Fsp3) is 0.375. The standard InChI is InChI=1S/C24H26F3N5O3/c1-2-35-22(33)20-18(29-23(34)30-21(20)16-6-4-3-5-7-16)15-31-10-12-32(13-11-31)19-9-8-17(14-28-19)24(25,26)27/h3-9,14,21H,2,10-13,15H2,1H3,(H2,29,30,34). The highest BCUT2D eigenvalue weighted by Gasteiger charge is 2.35. The third-order valence-corrected chi connectivity index (χ3v) is 5.94. The Kier molecular flexibility index (Phi) is 7.25. The third-order valence-electron chi connectivity index (χ3n) is 5.94. The number of nitrogens with zero attached hydrogens (tertiary/aromatic N) is 3. The smallest absolute Gasteiger partial charge is 0.417 e. The van der Waals surface area contributed by atoms with Gasteiger partial charge in [-0.1, -0.05) is 30.3 Å². The van der Waals surface area contributed by atoms with Crippen LogP contribution in [-0.2, 0) is 15.7 Å². The molecule has 2 aromatic rings. The summed E-state index contributed by atoms with van der Waals surface area (Å²) in [5.74, 6) is -0.0279. The lowest BCUT2D eigenvalue weighted by Crippen LogP contribution is -2.52. The number of carbonyl (C=O) groups is 2. The summed E-state index contributed by atoms with van der Waals surface area (Å²) in [7, 11) is 0. The van der Waals surface area contributed by atoms with Crippen molar-refractivity contribution in [3.8, 4) is 0 Å². The van der Waals surface area contributed by atoms with Crippen LogP contribution in [0, 0.1) is 0 Å². The van der Waals surface area contributed by atoms with Crippen molar-refractivity contribution in [1.82, 2.24) is 20.5 Å². The number of aromatic nitrogens is 1. The van der Waals surface area contributed by atoms with E-state index in [0.717, 1.165) is 17.8 Å². The summed E-state index contributed by atoms with van der Waals surface area (Å²) in [6.07, 6.45) is -3.59. The molecule has 2 N–H and O–H groups in total. The van der Waals surface area contributed by atoms with Gasteiger partial charge in [-0.15, -0.1) is 0 Å². The topological polar surface area (TPSA) is 86.8 Å². The van der Waals surface area contributed by atoms with Crippen LogP contribution < -0.4 is 15.5 Å². The van der Waals surface area contributed by atoms with Crippen molar-refractivity contribution in [2.75, 3.05) is 44.2 Å². The van der Waals surface area contributed by atoms with Crippen LogP contribution in [0.1, 0.15) is 24.1 Å². The molecule has 1 atom stereocenters. The van der Waals surface area contributed by atoms with E-state index >= 15 is 0 Å². The number of esters is 1. The lowest BCUT2D eigenvalue weighted by molar-refractivity contribution is -0.139. The third kappa shape index (κ3) is 5.73. The van der Waals surface area contributed by atoms with Gasteiger partial charge in [0, 0.05) is 44.6 Å².